The molecule has 0 saturated carbocycles. The van der Waals surface area contributed by atoms with Gasteiger partial charge in [-0.25, -0.2) is 5.01 Å². The van der Waals surface area contributed by atoms with Crippen LogP contribution in [0.3, 0.4) is 0 Å². The highest BCUT2D eigenvalue weighted by Crippen LogP contribution is 2.43. The number of thioether (sulfide) groups is 1. The lowest BCUT2D eigenvalue weighted by Gasteiger charge is -2.21. The summed E-state index contributed by atoms with van der Waals surface area (Å²) in [4.78, 5) is 23.1. The third-order valence-corrected chi connectivity index (χ3v) is 4.79. The Labute approximate surface area is 151 Å². The monoisotopic (exact) mass is 435 g/mol. The van der Waals surface area contributed by atoms with Gasteiger partial charge < -0.3 is 9.50 Å². The lowest BCUT2D eigenvalue weighted by atomic mass is 10.2. The fourth-order valence-corrected chi connectivity index (χ4v) is 3.93. The Morgan fingerprint density at radius 2 is 2.04 bits per heavy atom. The van der Waals surface area contributed by atoms with Crippen molar-refractivity contribution in [1.29, 1.82) is 0 Å². The quantitative estimate of drug-likeness (QED) is 0.725. The second kappa shape index (κ2) is 7.11. The van der Waals surface area contributed by atoms with Gasteiger partial charge in [-0.1, -0.05) is 27.7 Å². The van der Waals surface area contributed by atoms with Crippen LogP contribution in [0.1, 0.15) is 24.8 Å². The fraction of sp³-hybridized carbons (Fsp3) is 0.308. The molecule has 0 aliphatic carbocycles. The van der Waals surface area contributed by atoms with Crippen molar-refractivity contribution in [2.45, 2.75) is 19.2 Å². The Balaban J connectivity index is 2.44. The first-order valence-corrected chi connectivity index (χ1v) is 10.1. The van der Waals surface area contributed by atoms with Gasteiger partial charge in [-0.3, -0.25) is 9.59 Å². The molecule has 24 heavy (non-hydrogen) atoms. The molecule has 2 rings (SSSR count). The van der Waals surface area contributed by atoms with E-state index in [2.05, 4.69) is 26.3 Å². The number of carbonyl (C=O) groups is 2. The molecule has 1 N–H and O–H groups in total. The highest BCUT2D eigenvalue weighted by Gasteiger charge is 2.35. The number of carbonyl (C=O) groups excluding carboxylic acids is 2. The fourth-order valence-electron chi connectivity index (χ4n) is 1.92. The minimum Gasteiger partial charge on any atom is -0.382 e. The van der Waals surface area contributed by atoms with Gasteiger partial charge in [0.25, 0.3) is 0 Å². The normalized spacial score (nSPS) is 17.4. The maximum Gasteiger partial charge on any atom is 0.306 e. The lowest BCUT2D eigenvalue weighted by Crippen LogP contribution is -2.25. The summed E-state index contributed by atoms with van der Waals surface area (Å²) in [6.45, 7) is 2.65. The van der Waals surface area contributed by atoms with E-state index < -0.39 is 15.5 Å². The van der Waals surface area contributed by atoms with Crippen molar-refractivity contribution in [2.24, 2.45) is 5.10 Å². The molecular formula is C13H14BrN3O5S2. The van der Waals surface area contributed by atoms with Crippen LogP contribution in [0.15, 0.2) is 27.8 Å². The number of nitrogens with zero attached hydrogens (tertiary/aromatic N) is 2. The molecule has 11 heteroatoms. The molecule has 0 saturated heterocycles. The molecule has 0 spiro atoms. The van der Waals surface area contributed by atoms with Gasteiger partial charge in [0, 0.05) is 23.9 Å². The van der Waals surface area contributed by atoms with Gasteiger partial charge in [0.15, 0.2) is 5.17 Å². The number of rotatable bonds is 3. The molecule has 1 unspecified atom stereocenters. The van der Waals surface area contributed by atoms with Gasteiger partial charge in [0.1, 0.15) is 11.1 Å². The molecule has 1 aliphatic heterocycles. The number of amides is 2. The van der Waals surface area contributed by atoms with Crippen molar-refractivity contribution in [2.75, 3.05) is 6.26 Å². The first kappa shape index (κ1) is 18.7. The number of halogens is 1. The number of hydrogen-bond acceptors (Lipinski definition) is 7. The molecule has 8 nitrogen and oxygen atoms in total. The summed E-state index contributed by atoms with van der Waals surface area (Å²) in [5.41, 5.74) is 0.430. The third kappa shape index (κ3) is 4.71. The van der Waals surface area contributed by atoms with Crippen LogP contribution in [0, 0.1) is 0 Å². The summed E-state index contributed by atoms with van der Waals surface area (Å²) < 4.78 is 28.6. The first-order valence-electron chi connectivity index (χ1n) is 6.58. The van der Waals surface area contributed by atoms with E-state index in [1.54, 1.807) is 12.1 Å². The minimum absolute atomic E-state index is 0.0868. The van der Waals surface area contributed by atoms with Crippen molar-refractivity contribution in [3.05, 3.63) is 28.2 Å². The molecule has 0 fully saturated rings. The molecule has 1 heterocycles. The zero-order chi connectivity index (χ0) is 18.1. The molecule has 2 amide bonds. The second-order valence-corrected chi connectivity index (χ2v) is 8.45. The molecule has 130 valence electrons. The van der Waals surface area contributed by atoms with E-state index >= 15 is 0 Å². The van der Waals surface area contributed by atoms with Crippen molar-refractivity contribution in [3.8, 4) is 5.75 Å². The van der Waals surface area contributed by atoms with Crippen LogP contribution in [0.5, 0.6) is 5.75 Å². The maximum atomic E-state index is 11.9. The molecule has 1 aromatic rings. The van der Waals surface area contributed by atoms with Crippen molar-refractivity contribution in [3.63, 3.8) is 0 Å². The summed E-state index contributed by atoms with van der Waals surface area (Å²) in [7, 11) is -3.75. The topological polar surface area (TPSA) is 105 Å². The number of hydrogen-bond donors (Lipinski definition) is 1. The first-order chi connectivity index (χ1) is 11.1. The van der Waals surface area contributed by atoms with E-state index in [0.29, 0.717) is 10.0 Å². The summed E-state index contributed by atoms with van der Waals surface area (Å²) in [5.74, 6) is -0.603. The van der Waals surface area contributed by atoms with Gasteiger partial charge >= 0.3 is 10.1 Å². The number of benzene rings is 1. The van der Waals surface area contributed by atoms with Crippen LogP contribution >= 0.6 is 27.7 Å². The van der Waals surface area contributed by atoms with Crippen LogP contribution in [0.25, 0.3) is 0 Å². The van der Waals surface area contributed by atoms with Crippen molar-refractivity contribution < 1.29 is 22.2 Å². The van der Waals surface area contributed by atoms with Crippen LogP contribution in [0.4, 0.5) is 0 Å². The van der Waals surface area contributed by atoms with Crippen LogP contribution in [-0.2, 0) is 19.7 Å². The van der Waals surface area contributed by atoms with Gasteiger partial charge in [-0.15, -0.1) is 5.10 Å². The molecule has 1 aliphatic rings. The van der Waals surface area contributed by atoms with Crippen LogP contribution < -0.4 is 9.50 Å². The largest absolute Gasteiger partial charge is 0.382 e. The zero-order valence-electron chi connectivity index (χ0n) is 12.9. The highest BCUT2D eigenvalue weighted by molar-refractivity contribution is 9.10. The average molecular weight is 436 g/mol. The Morgan fingerprint density at radius 1 is 1.38 bits per heavy atom. The number of hydrazone groups is 1. The maximum absolute atomic E-state index is 11.9. The standard InChI is InChI=1S/C13H14BrN3O5S2/c1-7(18)15-13-16-17(8(2)19)12(23-13)10-6-9(14)4-5-11(10)22-24(3,20)21/h4-6,12H,1-3H3,(H,15,16,18). The van der Waals surface area contributed by atoms with Crippen molar-refractivity contribution in [1.82, 2.24) is 10.3 Å². The summed E-state index contributed by atoms with van der Waals surface area (Å²) in [6.07, 6.45) is 0.933. The Hall–Kier alpha value is -1.59. The van der Waals surface area contributed by atoms with Gasteiger partial charge in [-0.05, 0) is 18.2 Å². The van der Waals surface area contributed by atoms with Gasteiger partial charge in [0.05, 0.1) is 6.26 Å². The predicted octanol–water partition coefficient (Wildman–Crippen LogP) is 1.79. The molecular weight excluding hydrogens is 422 g/mol. The molecule has 0 radical (unpaired) electrons. The van der Waals surface area contributed by atoms with E-state index in [4.69, 9.17) is 4.18 Å². The molecule has 1 atom stereocenters. The van der Waals surface area contributed by atoms with E-state index in [1.807, 2.05) is 0 Å². The van der Waals surface area contributed by atoms with Gasteiger partial charge in [-0.2, -0.15) is 8.42 Å². The lowest BCUT2D eigenvalue weighted by molar-refractivity contribution is -0.129. The zero-order valence-corrected chi connectivity index (χ0v) is 16.2. The van der Waals surface area contributed by atoms with E-state index in [-0.39, 0.29) is 22.7 Å². The summed E-state index contributed by atoms with van der Waals surface area (Å²) >= 11 is 4.42. The molecule has 0 aromatic heterocycles. The SMILES string of the molecule is CC(=O)NC1=NN(C(C)=O)C(c2cc(Br)ccc2OS(C)(=O)=O)S1. The predicted molar refractivity (Wildman–Crippen MR) is 93.7 cm³/mol. The summed E-state index contributed by atoms with van der Waals surface area (Å²) in [6, 6.07) is 4.74. The van der Waals surface area contributed by atoms with E-state index in [1.165, 1.54) is 19.9 Å². The van der Waals surface area contributed by atoms with Gasteiger partial charge in [0.2, 0.25) is 11.8 Å². The van der Waals surface area contributed by atoms with Crippen LogP contribution in [-0.4, -0.2) is 36.7 Å². The van der Waals surface area contributed by atoms with E-state index in [9.17, 15) is 18.0 Å². The summed E-state index contributed by atoms with van der Waals surface area (Å²) in [5, 5.41) is 7.32. The van der Waals surface area contributed by atoms with Crippen LogP contribution in [0.2, 0.25) is 0 Å². The Morgan fingerprint density at radius 3 is 2.58 bits per heavy atom. The molecule has 0 bridgehead atoms. The third-order valence-electron chi connectivity index (χ3n) is 2.73. The smallest absolute Gasteiger partial charge is 0.306 e. The Bertz CT molecular complexity index is 825. The number of nitrogens with one attached hydrogen (secondary N) is 1. The average Bonchev–Trinajstić information content (AvgIpc) is 2.82. The minimum atomic E-state index is -3.75. The second-order valence-electron chi connectivity index (χ2n) is 4.89. The highest BCUT2D eigenvalue weighted by atomic mass is 79.9. The molecule has 1 aromatic carbocycles. The Kier molecular flexibility index (Phi) is 5.56. The van der Waals surface area contributed by atoms with Crippen molar-refractivity contribution >= 4 is 54.8 Å². The number of amidine groups is 1. The van der Waals surface area contributed by atoms with E-state index in [0.717, 1.165) is 23.0 Å².